The van der Waals surface area contributed by atoms with E-state index in [9.17, 15) is 18.4 Å². The van der Waals surface area contributed by atoms with Crippen molar-refractivity contribution in [1.29, 1.82) is 0 Å². The molecule has 0 saturated carbocycles. The number of hydrogen-bond acceptors (Lipinski definition) is 3. The average Bonchev–Trinajstić information content (AvgIpc) is 2.68. The normalized spacial score (nSPS) is 14.1. The molecule has 2 N–H and O–H groups in total. The highest BCUT2D eigenvalue weighted by molar-refractivity contribution is 6.31. The number of halogens is 4. The van der Waals surface area contributed by atoms with Crippen molar-refractivity contribution in [3.8, 4) is 0 Å². The van der Waals surface area contributed by atoms with E-state index in [1.807, 2.05) is 4.90 Å². The topological polar surface area (TPSA) is 65.2 Å². The third kappa shape index (κ3) is 3.85. The van der Waals surface area contributed by atoms with E-state index in [1.54, 1.807) is 0 Å². The summed E-state index contributed by atoms with van der Waals surface area (Å²) in [4.78, 5) is 30.0. The molecule has 4 rings (SSSR count). The molecule has 0 saturated heterocycles. The Morgan fingerprint density at radius 1 is 1.17 bits per heavy atom. The van der Waals surface area contributed by atoms with Crippen LogP contribution in [0.3, 0.4) is 0 Å². The number of H-pyrrole nitrogens is 1. The summed E-state index contributed by atoms with van der Waals surface area (Å²) in [6, 6.07) is 6.76. The van der Waals surface area contributed by atoms with Crippen molar-refractivity contribution in [3.05, 3.63) is 73.5 Å². The first-order chi connectivity index (χ1) is 13.8. The zero-order chi connectivity index (χ0) is 20.7. The molecule has 3 aromatic rings. The smallest absolute Gasteiger partial charge is 0.238 e. The van der Waals surface area contributed by atoms with Crippen LogP contribution < -0.4 is 10.7 Å². The molecule has 29 heavy (non-hydrogen) atoms. The first kappa shape index (κ1) is 19.8. The fourth-order valence-corrected chi connectivity index (χ4v) is 3.79. The van der Waals surface area contributed by atoms with Crippen molar-refractivity contribution >= 4 is 45.7 Å². The third-order valence-corrected chi connectivity index (χ3v) is 5.47. The van der Waals surface area contributed by atoms with Gasteiger partial charge in [-0.05, 0) is 30.3 Å². The number of carbonyl (C=O) groups is 1. The Bertz CT molecular complexity index is 1200. The van der Waals surface area contributed by atoms with Crippen LogP contribution in [-0.4, -0.2) is 28.9 Å². The van der Waals surface area contributed by atoms with Crippen LogP contribution in [0.2, 0.25) is 10.0 Å². The van der Waals surface area contributed by atoms with Gasteiger partial charge in [0.25, 0.3) is 0 Å². The fourth-order valence-electron chi connectivity index (χ4n) is 3.45. The van der Waals surface area contributed by atoms with E-state index < -0.39 is 11.6 Å². The van der Waals surface area contributed by atoms with Crippen LogP contribution in [0, 0.1) is 11.6 Å². The molecule has 5 nitrogen and oxygen atoms in total. The van der Waals surface area contributed by atoms with Gasteiger partial charge in [-0.3, -0.25) is 14.5 Å². The van der Waals surface area contributed by atoms with E-state index in [1.165, 1.54) is 30.3 Å². The summed E-state index contributed by atoms with van der Waals surface area (Å²) in [5.74, 6) is -1.53. The third-order valence-electron chi connectivity index (χ3n) is 4.88. The van der Waals surface area contributed by atoms with E-state index in [0.29, 0.717) is 29.9 Å². The number of aromatic nitrogens is 1. The molecule has 0 atom stereocenters. The Hall–Kier alpha value is -2.48. The lowest BCUT2D eigenvalue weighted by Crippen LogP contribution is -2.39. The lowest BCUT2D eigenvalue weighted by molar-refractivity contribution is -0.117. The number of benzene rings is 2. The first-order valence-corrected chi connectivity index (χ1v) is 9.58. The molecular formula is C20H15Cl2F2N3O2. The molecule has 0 bridgehead atoms. The van der Waals surface area contributed by atoms with Gasteiger partial charge in [0.2, 0.25) is 5.91 Å². The molecular weight excluding hydrogens is 423 g/mol. The fraction of sp³-hybridized carbons (Fsp3) is 0.200. The monoisotopic (exact) mass is 437 g/mol. The van der Waals surface area contributed by atoms with Crippen molar-refractivity contribution in [2.45, 2.75) is 13.0 Å². The zero-order valence-electron chi connectivity index (χ0n) is 15.0. The molecule has 0 spiro atoms. The summed E-state index contributed by atoms with van der Waals surface area (Å²) in [7, 11) is 0. The molecule has 0 fully saturated rings. The quantitative estimate of drug-likeness (QED) is 0.647. The van der Waals surface area contributed by atoms with E-state index in [-0.39, 0.29) is 45.4 Å². The summed E-state index contributed by atoms with van der Waals surface area (Å²) in [6.45, 7) is 0.803. The maximum Gasteiger partial charge on any atom is 0.238 e. The molecule has 1 aromatic heterocycles. The minimum absolute atomic E-state index is 0.0426. The summed E-state index contributed by atoms with van der Waals surface area (Å²) in [5.41, 5.74) is 1.35. The number of aromatic amines is 1. The van der Waals surface area contributed by atoms with Gasteiger partial charge in [-0.25, -0.2) is 8.78 Å². The second-order valence-electron chi connectivity index (χ2n) is 6.83. The summed E-state index contributed by atoms with van der Waals surface area (Å²) in [6.07, 6.45) is 0.460. The van der Waals surface area contributed by atoms with Gasteiger partial charge in [-0.15, -0.1) is 0 Å². The van der Waals surface area contributed by atoms with Gasteiger partial charge in [-0.2, -0.15) is 0 Å². The number of hydrogen-bond donors (Lipinski definition) is 2. The second-order valence-corrected chi connectivity index (χ2v) is 7.65. The molecule has 1 amide bonds. The lowest BCUT2D eigenvalue weighted by atomic mass is 10.0. The first-order valence-electron chi connectivity index (χ1n) is 8.82. The predicted octanol–water partition coefficient (Wildman–Crippen LogP) is 4.11. The van der Waals surface area contributed by atoms with Gasteiger partial charge in [0, 0.05) is 41.8 Å². The van der Waals surface area contributed by atoms with Gasteiger partial charge in [0.1, 0.15) is 5.82 Å². The molecule has 2 heterocycles. The Morgan fingerprint density at radius 2 is 1.97 bits per heavy atom. The minimum atomic E-state index is -0.649. The summed E-state index contributed by atoms with van der Waals surface area (Å²) in [5, 5.41) is 2.74. The summed E-state index contributed by atoms with van der Waals surface area (Å²) >= 11 is 11.5. The van der Waals surface area contributed by atoms with E-state index >= 15 is 0 Å². The number of amides is 1. The molecule has 2 aromatic carbocycles. The molecule has 9 heteroatoms. The van der Waals surface area contributed by atoms with Crippen LogP contribution in [0.25, 0.3) is 10.9 Å². The number of pyridine rings is 1. The van der Waals surface area contributed by atoms with E-state index in [2.05, 4.69) is 10.3 Å². The predicted molar refractivity (Wildman–Crippen MR) is 109 cm³/mol. The van der Waals surface area contributed by atoms with Crippen molar-refractivity contribution in [3.63, 3.8) is 0 Å². The lowest BCUT2D eigenvalue weighted by Gasteiger charge is -2.28. The van der Waals surface area contributed by atoms with Gasteiger partial charge in [0.15, 0.2) is 11.2 Å². The van der Waals surface area contributed by atoms with E-state index in [4.69, 9.17) is 23.2 Å². The Morgan fingerprint density at radius 3 is 2.72 bits per heavy atom. The van der Waals surface area contributed by atoms with Crippen molar-refractivity contribution in [2.24, 2.45) is 0 Å². The van der Waals surface area contributed by atoms with Gasteiger partial charge >= 0.3 is 0 Å². The van der Waals surface area contributed by atoms with Crippen molar-refractivity contribution in [1.82, 2.24) is 9.88 Å². The van der Waals surface area contributed by atoms with Crippen LogP contribution in [0.4, 0.5) is 14.5 Å². The van der Waals surface area contributed by atoms with Gasteiger partial charge < -0.3 is 10.3 Å². The largest absolute Gasteiger partial charge is 0.355 e. The average molecular weight is 438 g/mol. The summed E-state index contributed by atoms with van der Waals surface area (Å²) < 4.78 is 27.5. The number of rotatable bonds is 3. The van der Waals surface area contributed by atoms with Crippen LogP contribution >= 0.6 is 23.2 Å². The minimum Gasteiger partial charge on any atom is -0.355 e. The number of anilines is 1. The number of fused-ring (bicyclic) bond motifs is 2. The van der Waals surface area contributed by atoms with E-state index in [0.717, 1.165) is 0 Å². The molecule has 150 valence electrons. The van der Waals surface area contributed by atoms with Crippen molar-refractivity contribution in [2.75, 3.05) is 18.4 Å². The zero-order valence-corrected chi connectivity index (χ0v) is 16.5. The maximum absolute atomic E-state index is 14.3. The number of carbonyl (C=O) groups excluding carboxylic acids is 1. The molecule has 1 aliphatic rings. The van der Waals surface area contributed by atoms with Gasteiger partial charge in [-0.1, -0.05) is 23.2 Å². The highest BCUT2D eigenvalue weighted by Gasteiger charge is 2.23. The van der Waals surface area contributed by atoms with Crippen LogP contribution in [-0.2, 0) is 17.8 Å². The second kappa shape index (κ2) is 7.74. The van der Waals surface area contributed by atoms with Gasteiger partial charge in [0.05, 0.1) is 22.1 Å². The Balaban J connectivity index is 1.53. The number of nitrogens with one attached hydrogen (secondary N) is 2. The standard InChI is InChI=1S/C20H15Cl2F2N3O2/c21-13-3-2-11-19(18(13)24)26-16-5-6-27(8-12(16)20(11)29)9-17(28)25-10-1-4-15(23)14(22)7-10/h1-4,7H,5-6,8-9H2,(H,25,28)(H,26,29). The SMILES string of the molecule is O=C(CN1CCc2[nH]c3c(F)c(Cl)ccc3c(=O)c2C1)Nc1ccc(F)c(Cl)c1. The number of nitrogens with zero attached hydrogens (tertiary/aromatic N) is 1. The van der Waals surface area contributed by atoms with Crippen LogP contribution in [0.15, 0.2) is 35.1 Å². The maximum atomic E-state index is 14.3. The Kier molecular flexibility index (Phi) is 5.29. The van der Waals surface area contributed by atoms with Crippen LogP contribution in [0.5, 0.6) is 0 Å². The Labute approximate surface area is 174 Å². The molecule has 0 radical (unpaired) electrons. The molecule has 0 aliphatic carbocycles. The molecule has 1 aliphatic heterocycles. The van der Waals surface area contributed by atoms with Crippen molar-refractivity contribution < 1.29 is 13.6 Å². The highest BCUT2D eigenvalue weighted by Crippen LogP contribution is 2.24. The highest BCUT2D eigenvalue weighted by atomic mass is 35.5. The van der Waals surface area contributed by atoms with Crippen LogP contribution in [0.1, 0.15) is 11.3 Å². The molecule has 0 unspecified atom stereocenters.